The zero-order chi connectivity index (χ0) is 14.4. The molecule has 1 aliphatic carbocycles. The highest BCUT2D eigenvalue weighted by Crippen LogP contribution is 2.36. The van der Waals surface area contributed by atoms with Gasteiger partial charge in [0.2, 0.25) is 0 Å². The Bertz CT molecular complexity index is 264. The zero-order valence-electron chi connectivity index (χ0n) is 13.6. The summed E-state index contributed by atoms with van der Waals surface area (Å²) in [6.45, 7) is 5.24. The molecule has 1 N–H and O–H groups in total. The maximum absolute atomic E-state index is 9.93. The van der Waals surface area contributed by atoms with Crippen LogP contribution in [-0.4, -0.2) is 61.8 Å². The van der Waals surface area contributed by atoms with Crippen LogP contribution in [0.15, 0.2) is 0 Å². The van der Waals surface area contributed by atoms with Gasteiger partial charge in [0.1, 0.15) is 0 Å². The molecular weight excluding hydrogens is 248 g/mol. The summed E-state index contributed by atoms with van der Waals surface area (Å²) in [5.41, 5.74) is 0.213. The largest absolute Gasteiger partial charge is 0.396 e. The van der Waals surface area contributed by atoms with E-state index in [9.17, 15) is 5.11 Å². The molecule has 0 atom stereocenters. The smallest absolute Gasteiger partial charge is 0.0499 e. The van der Waals surface area contributed by atoms with E-state index in [1.165, 1.54) is 71.0 Å². The van der Waals surface area contributed by atoms with Crippen molar-refractivity contribution in [1.29, 1.82) is 0 Å². The summed E-state index contributed by atoms with van der Waals surface area (Å²) in [6, 6.07) is 0. The quantitative estimate of drug-likeness (QED) is 0.785. The molecule has 0 aromatic heterocycles. The van der Waals surface area contributed by atoms with E-state index in [0.29, 0.717) is 6.61 Å². The molecule has 2 fully saturated rings. The number of hydrogen-bond acceptors (Lipinski definition) is 3. The third-order valence-corrected chi connectivity index (χ3v) is 5.39. The molecule has 1 aliphatic heterocycles. The minimum atomic E-state index is 0.213. The summed E-state index contributed by atoms with van der Waals surface area (Å²) in [5.74, 6) is 0.875. The first-order chi connectivity index (χ1) is 9.63. The zero-order valence-corrected chi connectivity index (χ0v) is 13.6. The molecule has 0 bridgehead atoms. The second kappa shape index (κ2) is 7.77. The van der Waals surface area contributed by atoms with Crippen LogP contribution in [0.25, 0.3) is 0 Å². The van der Waals surface area contributed by atoms with Crippen molar-refractivity contribution in [2.45, 2.75) is 51.4 Å². The minimum absolute atomic E-state index is 0.213. The molecule has 118 valence electrons. The molecule has 1 saturated carbocycles. The molecule has 1 heterocycles. The van der Waals surface area contributed by atoms with Gasteiger partial charge in [-0.2, -0.15) is 0 Å². The molecule has 3 nitrogen and oxygen atoms in total. The fraction of sp³-hybridized carbons (Fsp3) is 1.00. The number of hydrogen-bond donors (Lipinski definition) is 1. The van der Waals surface area contributed by atoms with Crippen molar-refractivity contribution in [3.63, 3.8) is 0 Å². The predicted molar refractivity (Wildman–Crippen MR) is 84.9 cm³/mol. The highest BCUT2D eigenvalue weighted by Gasteiger charge is 2.33. The van der Waals surface area contributed by atoms with Gasteiger partial charge >= 0.3 is 0 Å². The van der Waals surface area contributed by atoms with Crippen LogP contribution >= 0.6 is 0 Å². The third-order valence-electron chi connectivity index (χ3n) is 5.39. The number of likely N-dealkylation sites (tertiary alicyclic amines) is 1. The summed E-state index contributed by atoms with van der Waals surface area (Å²) in [6.07, 6.45) is 10.5. The summed E-state index contributed by atoms with van der Waals surface area (Å²) in [4.78, 5) is 4.95. The van der Waals surface area contributed by atoms with Gasteiger partial charge in [0, 0.05) is 25.1 Å². The van der Waals surface area contributed by atoms with E-state index < -0.39 is 0 Å². The molecule has 2 aliphatic rings. The van der Waals surface area contributed by atoms with Crippen molar-refractivity contribution < 1.29 is 5.11 Å². The molecule has 0 amide bonds. The Labute approximate surface area is 125 Å². The van der Waals surface area contributed by atoms with E-state index in [1.54, 1.807) is 0 Å². The summed E-state index contributed by atoms with van der Waals surface area (Å²) < 4.78 is 0. The molecule has 0 spiro atoms. The van der Waals surface area contributed by atoms with Gasteiger partial charge in [0.25, 0.3) is 0 Å². The fourth-order valence-electron chi connectivity index (χ4n) is 4.16. The first-order valence-corrected chi connectivity index (χ1v) is 8.61. The molecule has 2 rings (SSSR count). The SMILES string of the molecule is CN(C)CC1CCN(CC2(CO)CCCCCC2)CC1. The van der Waals surface area contributed by atoms with E-state index in [1.807, 2.05) is 0 Å². The van der Waals surface area contributed by atoms with E-state index in [0.717, 1.165) is 12.5 Å². The Morgan fingerprint density at radius 2 is 1.65 bits per heavy atom. The Balaban J connectivity index is 1.80. The average Bonchev–Trinajstić information content (AvgIpc) is 2.67. The number of aliphatic hydroxyl groups is 1. The fourth-order valence-corrected chi connectivity index (χ4v) is 4.16. The van der Waals surface area contributed by atoms with E-state index in [2.05, 4.69) is 23.9 Å². The predicted octanol–water partition coefficient (Wildman–Crippen LogP) is 2.59. The van der Waals surface area contributed by atoms with Crippen LogP contribution in [-0.2, 0) is 0 Å². The number of nitrogens with zero attached hydrogens (tertiary/aromatic N) is 2. The van der Waals surface area contributed by atoms with Crippen LogP contribution in [0.4, 0.5) is 0 Å². The maximum atomic E-state index is 9.93. The van der Waals surface area contributed by atoms with Gasteiger partial charge in [-0.25, -0.2) is 0 Å². The Kier molecular flexibility index (Phi) is 6.31. The molecule has 1 saturated heterocycles. The third kappa shape index (κ3) is 4.71. The highest BCUT2D eigenvalue weighted by molar-refractivity contribution is 4.86. The molecule has 0 aromatic rings. The standard InChI is InChI=1S/C17H34N2O/c1-18(2)13-16-7-11-19(12-8-16)14-17(15-20)9-5-3-4-6-10-17/h16,20H,3-15H2,1-2H3. The molecule has 0 aromatic carbocycles. The average molecular weight is 282 g/mol. The van der Waals surface area contributed by atoms with Gasteiger partial charge in [-0.3, -0.25) is 0 Å². The van der Waals surface area contributed by atoms with Crippen LogP contribution in [0.1, 0.15) is 51.4 Å². The molecule has 3 heteroatoms. The van der Waals surface area contributed by atoms with Gasteiger partial charge in [-0.1, -0.05) is 25.7 Å². The van der Waals surface area contributed by atoms with Crippen LogP contribution in [0.5, 0.6) is 0 Å². The van der Waals surface area contributed by atoms with Crippen molar-refractivity contribution >= 4 is 0 Å². The van der Waals surface area contributed by atoms with Crippen molar-refractivity contribution in [1.82, 2.24) is 9.80 Å². The Morgan fingerprint density at radius 3 is 2.15 bits per heavy atom. The lowest BCUT2D eigenvalue weighted by Crippen LogP contribution is -2.44. The lowest BCUT2D eigenvalue weighted by atomic mass is 9.80. The number of piperidine rings is 1. The van der Waals surface area contributed by atoms with Crippen LogP contribution < -0.4 is 0 Å². The van der Waals surface area contributed by atoms with Gasteiger partial charge in [0.05, 0.1) is 0 Å². The number of rotatable bonds is 5. The topological polar surface area (TPSA) is 26.7 Å². The second-order valence-corrected chi connectivity index (χ2v) is 7.55. The van der Waals surface area contributed by atoms with Crippen LogP contribution in [0, 0.1) is 11.3 Å². The van der Waals surface area contributed by atoms with Crippen molar-refractivity contribution in [2.24, 2.45) is 11.3 Å². The maximum Gasteiger partial charge on any atom is 0.0499 e. The summed E-state index contributed by atoms with van der Waals surface area (Å²) in [5, 5.41) is 9.93. The Morgan fingerprint density at radius 1 is 1.05 bits per heavy atom. The molecular formula is C17H34N2O. The molecule has 0 unspecified atom stereocenters. The van der Waals surface area contributed by atoms with Gasteiger partial charge in [-0.05, 0) is 58.8 Å². The summed E-state index contributed by atoms with van der Waals surface area (Å²) in [7, 11) is 4.36. The minimum Gasteiger partial charge on any atom is -0.396 e. The second-order valence-electron chi connectivity index (χ2n) is 7.55. The van der Waals surface area contributed by atoms with Gasteiger partial charge < -0.3 is 14.9 Å². The van der Waals surface area contributed by atoms with Crippen LogP contribution in [0.2, 0.25) is 0 Å². The van der Waals surface area contributed by atoms with Crippen molar-refractivity contribution in [3.8, 4) is 0 Å². The molecule has 20 heavy (non-hydrogen) atoms. The lowest BCUT2D eigenvalue weighted by Gasteiger charge is -2.40. The Hall–Kier alpha value is -0.120. The lowest BCUT2D eigenvalue weighted by molar-refractivity contribution is 0.0427. The normalized spacial score (nSPS) is 25.8. The summed E-state index contributed by atoms with van der Waals surface area (Å²) >= 11 is 0. The first-order valence-electron chi connectivity index (χ1n) is 8.61. The van der Waals surface area contributed by atoms with E-state index in [-0.39, 0.29) is 5.41 Å². The number of aliphatic hydroxyl groups excluding tert-OH is 1. The van der Waals surface area contributed by atoms with E-state index in [4.69, 9.17) is 0 Å². The van der Waals surface area contributed by atoms with Gasteiger partial charge in [0.15, 0.2) is 0 Å². The highest BCUT2D eigenvalue weighted by atomic mass is 16.3. The van der Waals surface area contributed by atoms with Crippen molar-refractivity contribution in [2.75, 3.05) is 46.9 Å². The van der Waals surface area contributed by atoms with Crippen LogP contribution in [0.3, 0.4) is 0 Å². The first kappa shape index (κ1) is 16.3. The molecule has 0 radical (unpaired) electrons. The van der Waals surface area contributed by atoms with Crippen molar-refractivity contribution in [3.05, 3.63) is 0 Å². The van der Waals surface area contributed by atoms with Gasteiger partial charge in [-0.15, -0.1) is 0 Å². The van der Waals surface area contributed by atoms with E-state index >= 15 is 0 Å². The monoisotopic (exact) mass is 282 g/mol.